The van der Waals surface area contributed by atoms with E-state index >= 15 is 0 Å². The van der Waals surface area contributed by atoms with Gasteiger partial charge in [-0.1, -0.05) is 24.7 Å². The summed E-state index contributed by atoms with van der Waals surface area (Å²) in [6.45, 7) is 2.77. The third-order valence-electron chi connectivity index (χ3n) is 3.44. The number of aliphatic hydroxyl groups is 1. The molecule has 1 fully saturated rings. The van der Waals surface area contributed by atoms with Crippen LogP contribution in [-0.4, -0.2) is 18.3 Å². The maximum Gasteiger partial charge on any atom is 0.122 e. The first-order valence-corrected chi connectivity index (χ1v) is 6.63. The van der Waals surface area contributed by atoms with Gasteiger partial charge in [0.25, 0.3) is 0 Å². The number of hydrogen-bond donors (Lipinski definition) is 1. The largest absolute Gasteiger partial charge is 0.493 e. The van der Waals surface area contributed by atoms with Crippen LogP contribution in [0.5, 0.6) is 5.75 Å². The Kier molecular flexibility index (Phi) is 4.66. The van der Waals surface area contributed by atoms with Crippen LogP contribution in [0.1, 0.15) is 36.8 Å². The van der Waals surface area contributed by atoms with E-state index in [0.717, 1.165) is 29.4 Å². The number of hydrogen-bond acceptors (Lipinski definition) is 2. The summed E-state index contributed by atoms with van der Waals surface area (Å²) in [4.78, 5) is 0. The van der Waals surface area contributed by atoms with E-state index in [9.17, 15) is 0 Å². The van der Waals surface area contributed by atoms with E-state index in [2.05, 4.69) is 11.8 Å². The van der Waals surface area contributed by atoms with E-state index in [1.165, 1.54) is 25.7 Å². The lowest BCUT2D eigenvalue weighted by Gasteiger charge is -2.13. The van der Waals surface area contributed by atoms with E-state index in [-0.39, 0.29) is 6.61 Å². The van der Waals surface area contributed by atoms with E-state index in [1.807, 2.05) is 25.1 Å². The maximum absolute atomic E-state index is 8.66. The van der Waals surface area contributed by atoms with Gasteiger partial charge in [0.05, 0.1) is 6.61 Å². The highest BCUT2D eigenvalue weighted by Crippen LogP contribution is 2.26. The van der Waals surface area contributed by atoms with E-state index in [4.69, 9.17) is 9.84 Å². The molecule has 1 aromatic rings. The molecule has 0 heterocycles. The molecular formula is C16H20O2. The Morgan fingerprint density at radius 1 is 1.33 bits per heavy atom. The smallest absolute Gasteiger partial charge is 0.122 e. The summed E-state index contributed by atoms with van der Waals surface area (Å²) >= 11 is 0. The molecule has 1 aliphatic carbocycles. The zero-order valence-corrected chi connectivity index (χ0v) is 10.9. The molecule has 0 unspecified atom stereocenters. The Bertz CT molecular complexity index is 448. The average molecular weight is 244 g/mol. The van der Waals surface area contributed by atoms with Gasteiger partial charge in [0, 0.05) is 5.56 Å². The third kappa shape index (κ3) is 3.51. The summed E-state index contributed by atoms with van der Waals surface area (Å²) < 4.78 is 5.88. The molecular weight excluding hydrogens is 224 g/mol. The maximum atomic E-state index is 8.66. The molecule has 2 heteroatoms. The van der Waals surface area contributed by atoms with Crippen molar-refractivity contribution in [3.05, 3.63) is 29.3 Å². The predicted octanol–water partition coefficient (Wildman–Crippen LogP) is 2.91. The van der Waals surface area contributed by atoms with Crippen molar-refractivity contribution in [3.8, 4) is 17.6 Å². The molecule has 0 aromatic heterocycles. The SMILES string of the molecule is Cc1cc(C#CCO)ccc1OCC1CCCC1. The van der Waals surface area contributed by atoms with Crippen molar-refractivity contribution < 1.29 is 9.84 Å². The summed E-state index contributed by atoms with van der Waals surface area (Å²) in [6.07, 6.45) is 5.31. The number of aliphatic hydroxyl groups excluding tert-OH is 1. The molecule has 2 nitrogen and oxygen atoms in total. The fraction of sp³-hybridized carbons (Fsp3) is 0.500. The molecule has 0 saturated heterocycles. The molecule has 1 aliphatic rings. The fourth-order valence-electron chi connectivity index (χ4n) is 2.42. The molecule has 0 atom stereocenters. The van der Waals surface area contributed by atoms with Gasteiger partial charge in [-0.25, -0.2) is 0 Å². The highest BCUT2D eigenvalue weighted by molar-refractivity contribution is 5.43. The van der Waals surface area contributed by atoms with Crippen molar-refractivity contribution in [1.82, 2.24) is 0 Å². The minimum atomic E-state index is -0.0982. The topological polar surface area (TPSA) is 29.5 Å². The molecule has 0 radical (unpaired) electrons. The standard InChI is InChI=1S/C16H20O2/c1-13-11-14(7-4-10-17)8-9-16(13)18-12-15-5-2-3-6-15/h8-9,11,15,17H,2-3,5-6,10,12H2,1H3. The Hall–Kier alpha value is -1.46. The monoisotopic (exact) mass is 244 g/mol. The van der Waals surface area contributed by atoms with Gasteiger partial charge in [0.15, 0.2) is 0 Å². The summed E-state index contributed by atoms with van der Waals surface area (Å²) in [6, 6.07) is 5.93. The normalized spacial score (nSPS) is 15.2. The van der Waals surface area contributed by atoms with Crippen molar-refractivity contribution in [2.45, 2.75) is 32.6 Å². The average Bonchev–Trinajstić information content (AvgIpc) is 2.88. The van der Waals surface area contributed by atoms with Gasteiger partial charge in [-0.15, -0.1) is 0 Å². The molecule has 0 aliphatic heterocycles. The second-order valence-electron chi connectivity index (χ2n) is 4.90. The van der Waals surface area contributed by atoms with Crippen molar-refractivity contribution >= 4 is 0 Å². The second kappa shape index (κ2) is 6.47. The first kappa shape index (κ1) is 13.0. The van der Waals surface area contributed by atoms with Crippen LogP contribution in [0.3, 0.4) is 0 Å². The second-order valence-corrected chi connectivity index (χ2v) is 4.90. The van der Waals surface area contributed by atoms with Crippen molar-refractivity contribution in [2.24, 2.45) is 5.92 Å². The highest BCUT2D eigenvalue weighted by Gasteiger charge is 2.15. The zero-order valence-electron chi connectivity index (χ0n) is 10.9. The lowest BCUT2D eigenvalue weighted by Crippen LogP contribution is -2.08. The van der Waals surface area contributed by atoms with Gasteiger partial charge in [-0.05, 0) is 49.4 Å². The molecule has 0 bridgehead atoms. The van der Waals surface area contributed by atoms with Crippen LogP contribution < -0.4 is 4.74 Å². The zero-order chi connectivity index (χ0) is 12.8. The van der Waals surface area contributed by atoms with Crippen LogP contribution in [0, 0.1) is 24.7 Å². The van der Waals surface area contributed by atoms with Crippen molar-refractivity contribution in [3.63, 3.8) is 0 Å². The highest BCUT2D eigenvalue weighted by atomic mass is 16.5. The molecule has 1 saturated carbocycles. The summed E-state index contributed by atoms with van der Waals surface area (Å²) in [5, 5.41) is 8.66. The van der Waals surface area contributed by atoms with Gasteiger partial charge in [0.1, 0.15) is 12.4 Å². The summed E-state index contributed by atoms with van der Waals surface area (Å²) in [5.74, 6) is 7.25. The number of rotatable bonds is 3. The van der Waals surface area contributed by atoms with Gasteiger partial charge < -0.3 is 9.84 Å². The van der Waals surface area contributed by atoms with Gasteiger partial charge in [-0.2, -0.15) is 0 Å². The minimum absolute atomic E-state index is 0.0982. The third-order valence-corrected chi connectivity index (χ3v) is 3.44. The van der Waals surface area contributed by atoms with Crippen LogP contribution in [0.15, 0.2) is 18.2 Å². The van der Waals surface area contributed by atoms with E-state index in [0.29, 0.717) is 0 Å². The van der Waals surface area contributed by atoms with E-state index < -0.39 is 0 Å². The summed E-state index contributed by atoms with van der Waals surface area (Å²) in [5.41, 5.74) is 2.03. The Balaban J connectivity index is 1.96. The molecule has 1 aromatic carbocycles. The molecule has 2 rings (SSSR count). The molecule has 0 amide bonds. The van der Waals surface area contributed by atoms with Crippen molar-refractivity contribution in [2.75, 3.05) is 13.2 Å². The van der Waals surface area contributed by atoms with Crippen LogP contribution in [0.2, 0.25) is 0 Å². The lowest BCUT2D eigenvalue weighted by molar-refractivity contribution is 0.250. The molecule has 0 spiro atoms. The first-order valence-electron chi connectivity index (χ1n) is 6.63. The first-order chi connectivity index (χ1) is 8.79. The number of aryl methyl sites for hydroxylation is 1. The Morgan fingerprint density at radius 2 is 2.11 bits per heavy atom. The van der Waals surface area contributed by atoms with E-state index in [1.54, 1.807) is 0 Å². The number of ether oxygens (including phenoxy) is 1. The van der Waals surface area contributed by atoms with Crippen LogP contribution >= 0.6 is 0 Å². The number of benzene rings is 1. The minimum Gasteiger partial charge on any atom is -0.493 e. The van der Waals surface area contributed by atoms with Crippen LogP contribution in [-0.2, 0) is 0 Å². The van der Waals surface area contributed by atoms with Crippen molar-refractivity contribution in [1.29, 1.82) is 0 Å². The molecule has 96 valence electrons. The van der Waals surface area contributed by atoms with Gasteiger partial charge >= 0.3 is 0 Å². The molecule has 18 heavy (non-hydrogen) atoms. The quantitative estimate of drug-likeness (QED) is 0.828. The molecule has 1 N–H and O–H groups in total. The fourth-order valence-corrected chi connectivity index (χ4v) is 2.42. The Morgan fingerprint density at radius 3 is 2.78 bits per heavy atom. The summed E-state index contributed by atoms with van der Waals surface area (Å²) in [7, 11) is 0. The predicted molar refractivity (Wildman–Crippen MR) is 72.6 cm³/mol. The lowest BCUT2D eigenvalue weighted by atomic mass is 10.1. The van der Waals surface area contributed by atoms with Gasteiger partial charge in [-0.3, -0.25) is 0 Å². The van der Waals surface area contributed by atoms with Crippen LogP contribution in [0.25, 0.3) is 0 Å². The van der Waals surface area contributed by atoms with Crippen LogP contribution in [0.4, 0.5) is 0 Å². The Labute approximate surface area is 109 Å². The van der Waals surface area contributed by atoms with Gasteiger partial charge in [0.2, 0.25) is 0 Å².